The molecule has 0 unspecified atom stereocenters. The van der Waals surface area contributed by atoms with Gasteiger partial charge in [0.2, 0.25) is 0 Å². The maximum atomic E-state index is 11.8. The van der Waals surface area contributed by atoms with E-state index in [0.29, 0.717) is 18.9 Å². The maximum Gasteiger partial charge on any atom is 0.325 e. The van der Waals surface area contributed by atoms with Crippen molar-refractivity contribution in [2.75, 3.05) is 6.61 Å². The molecule has 0 saturated heterocycles. The van der Waals surface area contributed by atoms with Gasteiger partial charge in [-0.2, -0.15) is 5.48 Å². The summed E-state index contributed by atoms with van der Waals surface area (Å²) in [5.41, 5.74) is 2.06. The molecule has 4 nitrogen and oxygen atoms in total. The van der Waals surface area contributed by atoms with Crippen molar-refractivity contribution in [2.45, 2.75) is 123 Å². The molecule has 0 spiro atoms. The van der Waals surface area contributed by atoms with Gasteiger partial charge in [-0.15, -0.1) is 0 Å². The lowest BCUT2D eigenvalue weighted by Gasteiger charge is -2.16. The van der Waals surface area contributed by atoms with Crippen LogP contribution in [0, 0.1) is 5.92 Å². The molecule has 0 amide bonds. The number of hydroxylamine groups is 1. The quantitative estimate of drug-likeness (QED) is 0.157. The molecule has 0 radical (unpaired) electrons. The summed E-state index contributed by atoms with van der Waals surface area (Å²) in [5.74, 6) is 0.00384. The number of carbonyl (C=O) groups is 1. The molecule has 0 fully saturated rings. The predicted molar refractivity (Wildman–Crippen MR) is 109 cm³/mol. The monoisotopic (exact) mass is 371 g/mol. The van der Waals surface area contributed by atoms with Crippen molar-refractivity contribution in [3.8, 4) is 0 Å². The van der Waals surface area contributed by atoms with Gasteiger partial charge in [-0.25, -0.2) is 0 Å². The highest BCUT2D eigenvalue weighted by Crippen LogP contribution is 2.13. The fourth-order valence-corrected chi connectivity index (χ4v) is 3.24. The van der Waals surface area contributed by atoms with Crippen LogP contribution < -0.4 is 5.48 Å². The van der Waals surface area contributed by atoms with Gasteiger partial charge in [0.05, 0.1) is 6.61 Å². The first-order chi connectivity index (χ1) is 12.6. The van der Waals surface area contributed by atoms with Gasteiger partial charge in [-0.1, -0.05) is 104 Å². The fraction of sp³-hybridized carbons (Fsp3) is 0.955. The van der Waals surface area contributed by atoms with E-state index in [1.807, 2.05) is 13.8 Å². The summed E-state index contributed by atoms with van der Waals surface area (Å²) < 4.78 is 5.24. The molecule has 4 heteroatoms. The summed E-state index contributed by atoms with van der Waals surface area (Å²) >= 11 is 0. The normalized spacial score (nSPS) is 12.5. The average Bonchev–Trinajstić information content (AvgIpc) is 2.62. The zero-order valence-corrected chi connectivity index (χ0v) is 17.7. The third-order valence-electron chi connectivity index (χ3n) is 4.89. The summed E-state index contributed by atoms with van der Waals surface area (Å²) in [7, 11) is 0. The molecule has 0 heterocycles. The van der Waals surface area contributed by atoms with Crippen LogP contribution in [0.25, 0.3) is 0 Å². The van der Waals surface area contributed by atoms with Crippen LogP contribution in [-0.2, 0) is 9.53 Å². The molecular formula is C22H45NO3. The first-order valence-corrected chi connectivity index (χ1v) is 11.2. The van der Waals surface area contributed by atoms with Gasteiger partial charge in [-0.05, 0) is 18.8 Å². The van der Waals surface area contributed by atoms with Crippen molar-refractivity contribution in [1.29, 1.82) is 0 Å². The van der Waals surface area contributed by atoms with Gasteiger partial charge < -0.3 is 9.94 Å². The van der Waals surface area contributed by atoms with Gasteiger partial charge in [0, 0.05) is 0 Å². The van der Waals surface area contributed by atoms with Crippen LogP contribution in [0.15, 0.2) is 0 Å². The number of carbonyl (C=O) groups excluding carboxylic acids is 1. The average molecular weight is 372 g/mol. The zero-order chi connectivity index (χ0) is 19.5. The molecule has 0 saturated carbocycles. The van der Waals surface area contributed by atoms with E-state index in [1.165, 1.54) is 77.0 Å². The van der Waals surface area contributed by atoms with Crippen LogP contribution in [0.5, 0.6) is 0 Å². The molecule has 0 aliphatic rings. The van der Waals surface area contributed by atoms with Crippen molar-refractivity contribution < 1.29 is 14.7 Å². The van der Waals surface area contributed by atoms with Gasteiger partial charge in [0.1, 0.15) is 6.04 Å². The molecule has 0 aliphatic carbocycles. The van der Waals surface area contributed by atoms with E-state index in [4.69, 9.17) is 9.94 Å². The van der Waals surface area contributed by atoms with Gasteiger partial charge in [0.15, 0.2) is 0 Å². The van der Waals surface area contributed by atoms with E-state index < -0.39 is 6.04 Å². The highest BCUT2D eigenvalue weighted by Gasteiger charge is 2.19. The minimum absolute atomic E-state index is 0.337. The number of esters is 1. The van der Waals surface area contributed by atoms with Crippen molar-refractivity contribution in [2.24, 2.45) is 5.92 Å². The summed E-state index contributed by atoms with van der Waals surface area (Å²) in [6, 6.07) is -0.596. The van der Waals surface area contributed by atoms with Gasteiger partial charge in [-0.3, -0.25) is 4.79 Å². The molecule has 0 aromatic heterocycles. The fourth-order valence-electron chi connectivity index (χ4n) is 3.24. The zero-order valence-electron chi connectivity index (χ0n) is 17.7. The summed E-state index contributed by atoms with van der Waals surface area (Å²) in [6.45, 7) is 6.77. The largest absolute Gasteiger partial charge is 0.464 e. The first-order valence-electron chi connectivity index (χ1n) is 11.2. The Balaban J connectivity index is 3.29. The molecule has 2 N–H and O–H groups in total. The number of unbranched alkanes of at least 4 members (excludes halogenated alkanes) is 13. The molecule has 0 rings (SSSR count). The molecule has 156 valence electrons. The van der Waals surface area contributed by atoms with Crippen molar-refractivity contribution in [1.82, 2.24) is 5.48 Å². The van der Waals surface area contributed by atoms with Crippen LogP contribution in [0.4, 0.5) is 0 Å². The summed E-state index contributed by atoms with van der Waals surface area (Å²) in [4.78, 5) is 11.8. The number of rotatable bonds is 19. The lowest BCUT2D eigenvalue weighted by molar-refractivity contribution is -0.149. The highest BCUT2D eigenvalue weighted by molar-refractivity contribution is 5.75. The molecule has 0 aromatic carbocycles. The van der Waals surface area contributed by atoms with Crippen molar-refractivity contribution in [3.63, 3.8) is 0 Å². The van der Waals surface area contributed by atoms with Crippen LogP contribution in [0.1, 0.15) is 117 Å². The van der Waals surface area contributed by atoms with E-state index in [0.717, 1.165) is 12.8 Å². The third kappa shape index (κ3) is 16.8. The number of ether oxygens (including phenoxy) is 1. The number of hydrogen-bond acceptors (Lipinski definition) is 4. The highest BCUT2D eigenvalue weighted by atomic mass is 16.5. The minimum atomic E-state index is -0.596. The lowest BCUT2D eigenvalue weighted by atomic mass is 10.0. The first kappa shape index (κ1) is 25.4. The Kier molecular flexibility index (Phi) is 18.7. The molecule has 0 aliphatic heterocycles. The van der Waals surface area contributed by atoms with Crippen LogP contribution in [0.3, 0.4) is 0 Å². The minimum Gasteiger partial charge on any atom is -0.464 e. The molecular weight excluding hydrogens is 326 g/mol. The Morgan fingerprint density at radius 1 is 0.808 bits per heavy atom. The smallest absolute Gasteiger partial charge is 0.325 e. The Bertz CT molecular complexity index is 308. The second-order valence-electron chi connectivity index (χ2n) is 8.07. The molecule has 1 atom stereocenters. The standard InChI is InChI=1S/C22H45NO3/c1-4-5-6-7-8-9-10-11-12-13-14-15-16-17-18-26-22(24)21(23-25)19-20(2)3/h20-21,23,25H,4-19H2,1-3H3/t21-/m0/s1. The van der Waals surface area contributed by atoms with E-state index >= 15 is 0 Å². The van der Waals surface area contributed by atoms with Crippen LogP contribution in [-0.4, -0.2) is 23.8 Å². The Morgan fingerprint density at radius 3 is 1.62 bits per heavy atom. The topological polar surface area (TPSA) is 58.6 Å². The Morgan fingerprint density at radius 2 is 1.23 bits per heavy atom. The van der Waals surface area contributed by atoms with E-state index in [9.17, 15) is 4.79 Å². The maximum absolute atomic E-state index is 11.8. The van der Waals surface area contributed by atoms with E-state index in [-0.39, 0.29) is 5.97 Å². The Hall–Kier alpha value is -0.610. The number of nitrogens with one attached hydrogen (secondary N) is 1. The molecule has 26 heavy (non-hydrogen) atoms. The van der Waals surface area contributed by atoms with Crippen molar-refractivity contribution in [3.05, 3.63) is 0 Å². The lowest BCUT2D eigenvalue weighted by Crippen LogP contribution is -2.37. The SMILES string of the molecule is CCCCCCCCCCCCCCCCOC(=O)[C@H](CC(C)C)NO. The summed E-state index contributed by atoms with van der Waals surface area (Å²) in [5, 5.41) is 9.02. The van der Waals surface area contributed by atoms with Crippen LogP contribution in [0.2, 0.25) is 0 Å². The number of hydrogen-bond donors (Lipinski definition) is 2. The van der Waals surface area contributed by atoms with E-state index in [2.05, 4.69) is 12.4 Å². The van der Waals surface area contributed by atoms with Crippen molar-refractivity contribution >= 4 is 5.97 Å². The second-order valence-corrected chi connectivity index (χ2v) is 8.07. The Labute approximate surface area is 162 Å². The third-order valence-corrected chi connectivity index (χ3v) is 4.89. The summed E-state index contributed by atoms with van der Waals surface area (Å²) in [6.07, 6.45) is 19.0. The van der Waals surface area contributed by atoms with Crippen LogP contribution >= 0.6 is 0 Å². The molecule has 0 aromatic rings. The van der Waals surface area contributed by atoms with Gasteiger partial charge >= 0.3 is 5.97 Å². The molecule has 0 bridgehead atoms. The second kappa shape index (κ2) is 19.2. The van der Waals surface area contributed by atoms with E-state index in [1.54, 1.807) is 0 Å². The van der Waals surface area contributed by atoms with Gasteiger partial charge in [0.25, 0.3) is 0 Å². The predicted octanol–water partition coefficient (Wildman–Crippen LogP) is 6.40.